The lowest BCUT2D eigenvalue weighted by atomic mass is 10.2. The first kappa shape index (κ1) is 10.4. The van der Waals surface area contributed by atoms with E-state index in [1.807, 2.05) is 0 Å². The summed E-state index contributed by atoms with van der Waals surface area (Å²) in [5, 5.41) is 8.56. The van der Waals surface area contributed by atoms with E-state index < -0.39 is 11.8 Å². The van der Waals surface area contributed by atoms with Gasteiger partial charge in [0.05, 0.1) is 0 Å². The van der Waals surface area contributed by atoms with Crippen LogP contribution in [0.1, 0.15) is 25.7 Å². The SMILES string of the molecule is O=C(NC[C@H]1CCCN1)C(=O)NC1CC1. The number of carbonyl (C=O) groups is 2. The Kier molecular flexibility index (Phi) is 3.20. The monoisotopic (exact) mass is 211 g/mol. The van der Waals surface area contributed by atoms with Crippen LogP contribution in [0.4, 0.5) is 0 Å². The number of nitrogens with one attached hydrogen (secondary N) is 3. The summed E-state index contributed by atoms with van der Waals surface area (Å²) in [6.45, 7) is 1.56. The van der Waals surface area contributed by atoms with Crippen molar-refractivity contribution in [3.8, 4) is 0 Å². The Labute approximate surface area is 89.0 Å². The molecule has 2 fully saturated rings. The van der Waals surface area contributed by atoms with Crippen molar-refractivity contribution in [2.24, 2.45) is 0 Å². The molecule has 1 saturated carbocycles. The van der Waals surface area contributed by atoms with Crippen LogP contribution in [0.2, 0.25) is 0 Å². The van der Waals surface area contributed by atoms with Crippen LogP contribution in [-0.4, -0.2) is 37.0 Å². The Balaban J connectivity index is 1.64. The molecule has 1 aliphatic heterocycles. The van der Waals surface area contributed by atoms with Crippen molar-refractivity contribution in [3.05, 3.63) is 0 Å². The molecular weight excluding hydrogens is 194 g/mol. The molecule has 1 aliphatic carbocycles. The molecule has 84 valence electrons. The van der Waals surface area contributed by atoms with Gasteiger partial charge in [-0.15, -0.1) is 0 Å². The second kappa shape index (κ2) is 4.61. The van der Waals surface area contributed by atoms with Gasteiger partial charge in [-0.2, -0.15) is 0 Å². The van der Waals surface area contributed by atoms with Gasteiger partial charge in [0.2, 0.25) is 0 Å². The zero-order valence-electron chi connectivity index (χ0n) is 8.71. The van der Waals surface area contributed by atoms with Gasteiger partial charge < -0.3 is 16.0 Å². The molecule has 2 aliphatic rings. The van der Waals surface area contributed by atoms with Crippen molar-refractivity contribution in [2.45, 2.75) is 37.8 Å². The number of hydrogen-bond donors (Lipinski definition) is 3. The van der Waals surface area contributed by atoms with Crippen LogP contribution in [0.5, 0.6) is 0 Å². The largest absolute Gasteiger partial charge is 0.346 e. The van der Waals surface area contributed by atoms with Crippen molar-refractivity contribution in [1.82, 2.24) is 16.0 Å². The summed E-state index contributed by atoms with van der Waals surface area (Å²) < 4.78 is 0. The average molecular weight is 211 g/mol. The molecule has 0 unspecified atom stereocenters. The van der Waals surface area contributed by atoms with E-state index in [2.05, 4.69) is 16.0 Å². The minimum absolute atomic E-state index is 0.243. The highest BCUT2D eigenvalue weighted by atomic mass is 16.2. The van der Waals surface area contributed by atoms with Crippen LogP contribution < -0.4 is 16.0 Å². The Morgan fingerprint density at radius 3 is 2.60 bits per heavy atom. The third kappa shape index (κ3) is 3.20. The van der Waals surface area contributed by atoms with Crippen molar-refractivity contribution in [3.63, 3.8) is 0 Å². The summed E-state index contributed by atoms with van der Waals surface area (Å²) >= 11 is 0. The Hall–Kier alpha value is -1.10. The highest BCUT2D eigenvalue weighted by molar-refractivity contribution is 6.35. The van der Waals surface area contributed by atoms with E-state index in [-0.39, 0.29) is 6.04 Å². The minimum atomic E-state index is -0.504. The lowest BCUT2D eigenvalue weighted by molar-refractivity contribution is -0.139. The van der Waals surface area contributed by atoms with E-state index in [4.69, 9.17) is 0 Å². The summed E-state index contributed by atoms with van der Waals surface area (Å²) in [5.41, 5.74) is 0. The zero-order chi connectivity index (χ0) is 10.7. The van der Waals surface area contributed by atoms with Gasteiger partial charge in [-0.25, -0.2) is 0 Å². The molecule has 5 nitrogen and oxygen atoms in total. The topological polar surface area (TPSA) is 70.2 Å². The summed E-state index contributed by atoms with van der Waals surface area (Å²) in [7, 11) is 0. The summed E-state index contributed by atoms with van der Waals surface area (Å²) in [5.74, 6) is -0.994. The van der Waals surface area contributed by atoms with Gasteiger partial charge in [0.15, 0.2) is 0 Å². The maximum absolute atomic E-state index is 11.3. The number of carbonyl (C=O) groups excluding carboxylic acids is 2. The maximum Gasteiger partial charge on any atom is 0.309 e. The normalized spacial score (nSPS) is 24.9. The minimum Gasteiger partial charge on any atom is -0.346 e. The molecule has 0 aromatic rings. The van der Waals surface area contributed by atoms with Crippen LogP contribution in [0.3, 0.4) is 0 Å². The van der Waals surface area contributed by atoms with E-state index in [1.54, 1.807) is 0 Å². The van der Waals surface area contributed by atoms with Gasteiger partial charge in [-0.05, 0) is 32.2 Å². The van der Waals surface area contributed by atoms with Crippen molar-refractivity contribution in [2.75, 3.05) is 13.1 Å². The average Bonchev–Trinajstić information content (AvgIpc) is 2.88. The van der Waals surface area contributed by atoms with Gasteiger partial charge in [-0.3, -0.25) is 9.59 Å². The predicted molar refractivity (Wildman–Crippen MR) is 55.2 cm³/mol. The first-order valence-electron chi connectivity index (χ1n) is 5.58. The van der Waals surface area contributed by atoms with Gasteiger partial charge in [0.25, 0.3) is 0 Å². The number of hydrogen-bond acceptors (Lipinski definition) is 3. The Morgan fingerprint density at radius 2 is 2.00 bits per heavy atom. The molecule has 3 N–H and O–H groups in total. The Morgan fingerprint density at radius 1 is 1.20 bits per heavy atom. The fourth-order valence-electron chi connectivity index (χ4n) is 1.71. The van der Waals surface area contributed by atoms with Gasteiger partial charge in [0.1, 0.15) is 0 Å². The molecule has 0 bridgehead atoms. The van der Waals surface area contributed by atoms with E-state index in [0.717, 1.165) is 32.2 Å². The van der Waals surface area contributed by atoms with Crippen molar-refractivity contribution < 1.29 is 9.59 Å². The van der Waals surface area contributed by atoms with Crippen molar-refractivity contribution in [1.29, 1.82) is 0 Å². The molecule has 5 heteroatoms. The van der Waals surface area contributed by atoms with E-state index >= 15 is 0 Å². The van der Waals surface area contributed by atoms with Crippen LogP contribution in [-0.2, 0) is 9.59 Å². The van der Waals surface area contributed by atoms with Crippen LogP contribution in [0.25, 0.3) is 0 Å². The third-order valence-electron chi connectivity index (χ3n) is 2.79. The quantitative estimate of drug-likeness (QED) is 0.532. The lowest BCUT2D eigenvalue weighted by Crippen LogP contribution is -2.45. The molecule has 0 radical (unpaired) electrons. The molecule has 0 aromatic carbocycles. The van der Waals surface area contributed by atoms with Crippen LogP contribution in [0, 0.1) is 0 Å². The van der Waals surface area contributed by atoms with E-state index in [9.17, 15) is 9.59 Å². The fraction of sp³-hybridized carbons (Fsp3) is 0.800. The smallest absolute Gasteiger partial charge is 0.309 e. The number of amides is 2. The molecular formula is C10H17N3O2. The first-order valence-corrected chi connectivity index (χ1v) is 5.58. The van der Waals surface area contributed by atoms with Gasteiger partial charge in [0, 0.05) is 18.6 Å². The molecule has 15 heavy (non-hydrogen) atoms. The highest BCUT2D eigenvalue weighted by Crippen LogP contribution is 2.18. The van der Waals surface area contributed by atoms with E-state index in [0.29, 0.717) is 12.6 Å². The molecule has 2 rings (SSSR count). The summed E-state index contributed by atoms with van der Waals surface area (Å²) in [4.78, 5) is 22.6. The van der Waals surface area contributed by atoms with E-state index in [1.165, 1.54) is 0 Å². The second-order valence-electron chi connectivity index (χ2n) is 4.25. The standard InChI is InChI=1S/C10H17N3O2/c14-9(10(15)13-7-3-4-7)12-6-8-2-1-5-11-8/h7-8,11H,1-6H2,(H,12,14)(H,13,15)/t8-/m1/s1. The van der Waals surface area contributed by atoms with Gasteiger partial charge in [-0.1, -0.05) is 0 Å². The first-order chi connectivity index (χ1) is 7.25. The number of rotatable bonds is 3. The Bertz CT molecular complexity index is 257. The maximum atomic E-state index is 11.3. The molecule has 0 spiro atoms. The highest BCUT2D eigenvalue weighted by Gasteiger charge is 2.26. The summed E-state index contributed by atoms with van der Waals surface area (Å²) in [6.07, 6.45) is 4.23. The van der Waals surface area contributed by atoms with Gasteiger partial charge >= 0.3 is 11.8 Å². The summed E-state index contributed by atoms with van der Waals surface area (Å²) in [6, 6.07) is 0.579. The molecule has 2 amide bonds. The lowest BCUT2D eigenvalue weighted by Gasteiger charge is -2.11. The van der Waals surface area contributed by atoms with Crippen LogP contribution in [0.15, 0.2) is 0 Å². The zero-order valence-corrected chi connectivity index (χ0v) is 8.71. The molecule has 1 atom stereocenters. The second-order valence-corrected chi connectivity index (χ2v) is 4.25. The fourth-order valence-corrected chi connectivity index (χ4v) is 1.71. The predicted octanol–water partition coefficient (Wildman–Crippen LogP) is -0.867. The molecule has 0 aromatic heterocycles. The molecule has 1 heterocycles. The third-order valence-corrected chi connectivity index (χ3v) is 2.79. The van der Waals surface area contributed by atoms with Crippen molar-refractivity contribution >= 4 is 11.8 Å². The van der Waals surface area contributed by atoms with Crippen LogP contribution >= 0.6 is 0 Å². The molecule has 1 saturated heterocycles.